The first kappa shape index (κ1) is 41.3. The molecule has 298 valence electrons. The minimum atomic E-state index is -1.21. The van der Waals surface area contributed by atoms with E-state index in [0.29, 0.717) is 37.6 Å². The van der Waals surface area contributed by atoms with Crippen LogP contribution in [-0.2, 0) is 19.6 Å². The number of methoxy groups -OCH3 is 2. The third-order valence-electron chi connectivity index (χ3n) is 11.2. The first-order valence-electron chi connectivity index (χ1n) is 19.5. The van der Waals surface area contributed by atoms with Crippen LogP contribution in [0.5, 0.6) is 11.5 Å². The van der Waals surface area contributed by atoms with Crippen molar-refractivity contribution < 1.29 is 23.5 Å². The molecule has 5 atom stereocenters. The Morgan fingerprint density at radius 3 is 2.09 bits per heavy atom. The van der Waals surface area contributed by atoms with Crippen LogP contribution >= 0.6 is 8.30 Å². The number of H-pyrrole nitrogens is 1. The smallest absolute Gasteiger partial charge is 0.330 e. The van der Waals surface area contributed by atoms with E-state index in [9.17, 15) is 14.9 Å². The molecule has 0 radical (unpaired) electrons. The lowest BCUT2D eigenvalue weighted by atomic mass is 9.70. The lowest BCUT2D eigenvalue weighted by Crippen LogP contribution is -2.51. The number of ether oxygens (including phenoxy) is 4. The molecule has 0 amide bonds. The Bertz CT molecular complexity index is 2010. The second-order valence-electron chi connectivity index (χ2n) is 15.4. The number of aromatic amines is 1. The average molecular weight is 783 g/mol. The van der Waals surface area contributed by atoms with Crippen molar-refractivity contribution in [3.05, 3.63) is 128 Å². The minimum absolute atomic E-state index is 0.187. The zero-order chi connectivity index (χ0) is 40.0. The molecule has 12 heteroatoms. The number of aromatic nitrogens is 2. The summed E-state index contributed by atoms with van der Waals surface area (Å²) < 4.78 is 36.8. The van der Waals surface area contributed by atoms with E-state index < -0.39 is 49.0 Å². The minimum Gasteiger partial charge on any atom is -0.497 e. The van der Waals surface area contributed by atoms with Gasteiger partial charge in [0, 0.05) is 41.8 Å². The zero-order valence-corrected chi connectivity index (χ0v) is 34.5. The molecular formula is C44H55N4O7P. The molecule has 2 heterocycles. The monoisotopic (exact) mass is 782 g/mol. The normalized spacial score (nSPS) is 21.6. The van der Waals surface area contributed by atoms with Crippen molar-refractivity contribution in [2.24, 2.45) is 5.41 Å². The second kappa shape index (κ2) is 17.9. The average Bonchev–Trinajstić information content (AvgIpc) is 3.58. The van der Waals surface area contributed by atoms with E-state index in [1.165, 1.54) is 4.57 Å². The number of nitrogens with one attached hydrogen (secondary N) is 1. The first-order valence-corrected chi connectivity index (χ1v) is 20.9. The van der Waals surface area contributed by atoms with Crippen LogP contribution in [0.4, 0.5) is 0 Å². The molecule has 0 spiro atoms. The van der Waals surface area contributed by atoms with Gasteiger partial charge in [-0.05, 0) is 88.4 Å². The van der Waals surface area contributed by atoms with E-state index >= 15 is 0 Å². The molecule has 2 fully saturated rings. The lowest BCUT2D eigenvalue weighted by molar-refractivity contribution is -0.161. The Morgan fingerprint density at radius 2 is 1.54 bits per heavy atom. The number of nitrogens with zero attached hydrogens (tertiary/aromatic N) is 3. The molecule has 1 unspecified atom stereocenters. The van der Waals surface area contributed by atoms with Gasteiger partial charge in [0.15, 0.2) is 0 Å². The van der Waals surface area contributed by atoms with Crippen LogP contribution < -0.4 is 20.7 Å². The van der Waals surface area contributed by atoms with Gasteiger partial charge in [-0.15, -0.1) is 0 Å². The highest BCUT2D eigenvalue weighted by atomic mass is 31.2. The molecule has 1 aliphatic heterocycles. The largest absolute Gasteiger partial charge is 0.497 e. The quantitative estimate of drug-likeness (QED) is 0.0682. The Kier molecular flexibility index (Phi) is 13.2. The van der Waals surface area contributed by atoms with Gasteiger partial charge in [0.05, 0.1) is 45.5 Å². The fourth-order valence-corrected chi connectivity index (χ4v) is 11.4. The van der Waals surface area contributed by atoms with E-state index in [1.54, 1.807) is 27.3 Å². The van der Waals surface area contributed by atoms with Gasteiger partial charge in [0.1, 0.15) is 31.6 Å². The summed E-state index contributed by atoms with van der Waals surface area (Å²) in [5.74, 6) is 1.46. The summed E-state index contributed by atoms with van der Waals surface area (Å²) in [6, 6.07) is 28.9. The molecule has 56 heavy (non-hydrogen) atoms. The van der Waals surface area contributed by atoms with Crippen molar-refractivity contribution >= 4 is 8.30 Å². The van der Waals surface area contributed by atoms with E-state index in [0.717, 1.165) is 41.0 Å². The molecule has 1 N–H and O–H groups in total. The maximum Gasteiger partial charge on any atom is 0.330 e. The highest BCUT2D eigenvalue weighted by Crippen LogP contribution is 2.60. The van der Waals surface area contributed by atoms with Crippen molar-refractivity contribution in [3.63, 3.8) is 0 Å². The van der Waals surface area contributed by atoms with Gasteiger partial charge in [0.2, 0.25) is 0 Å². The Hall–Kier alpha value is -4.30. The third-order valence-corrected chi connectivity index (χ3v) is 14.0. The van der Waals surface area contributed by atoms with Crippen molar-refractivity contribution in [1.29, 1.82) is 5.26 Å². The summed E-state index contributed by atoms with van der Waals surface area (Å²) in [6.07, 6.45) is 3.95. The zero-order valence-electron chi connectivity index (χ0n) is 33.6. The predicted molar refractivity (Wildman–Crippen MR) is 218 cm³/mol. The highest BCUT2D eigenvalue weighted by molar-refractivity contribution is 7.50. The maximum absolute atomic E-state index is 13.5. The highest BCUT2D eigenvalue weighted by Gasteiger charge is 2.58. The maximum atomic E-state index is 13.5. The molecule has 6 rings (SSSR count). The fraction of sp³-hybridized carbons (Fsp3) is 0.477. The summed E-state index contributed by atoms with van der Waals surface area (Å²) in [5.41, 5.74) is 0.729. The molecule has 0 bridgehead atoms. The van der Waals surface area contributed by atoms with Crippen LogP contribution in [0, 0.1) is 23.7 Å². The second-order valence-corrected chi connectivity index (χ2v) is 17.2. The van der Waals surface area contributed by atoms with Crippen LogP contribution in [0.2, 0.25) is 0 Å². The Morgan fingerprint density at radius 1 is 0.946 bits per heavy atom. The van der Waals surface area contributed by atoms with Gasteiger partial charge in [-0.1, -0.05) is 61.0 Å². The fourth-order valence-electron chi connectivity index (χ4n) is 8.70. The van der Waals surface area contributed by atoms with Crippen molar-refractivity contribution in [1.82, 2.24) is 14.2 Å². The summed E-state index contributed by atoms with van der Waals surface area (Å²) in [6.45, 7) is 10.7. The molecule has 3 aromatic carbocycles. The van der Waals surface area contributed by atoms with Gasteiger partial charge >= 0.3 is 5.69 Å². The number of hydrogen-bond donors (Lipinski definition) is 1. The van der Waals surface area contributed by atoms with Crippen LogP contribution in [0.15, 0.2) is 94.6 Å². The number of aryl methyl sites for hydroxylation is 1. The number of nitriles is 1. The SMILES string of the molecule is COc1ccc(C(O[C@@H]2CCC[C@]3(CP(OCCC#N)N(C(C)C)C(C)C)C[C@H](n4cc(C)c(=O)[nH]c4=O)O[C@H]23)(c2ccccc2)c2ccc(OC)cc2)cc1. The van der Waals surface area contributed by atoms with Crippen molar-refractivity contribution in [3.8, 4) is 17.6 Å². The van der Waals surface area contributed by atoms with Gasteiger partial charge in [-0.25, -0.2) is 4.79 Å². The summed E-state index contributed by atoms with van der Waals surface area (Å²) >= 11 is 0. The van der Waals surface area contributed by atoms with Gasteiger partial charge in [-0.2, -0.15) is 5.26 Å². The van der Waals surface area contributed by atoms with Crippen LogP contribution in [0.1, 0.15) is 88.3 Å². The van der Waals surface area contributed by atoms with E-state index in [4.69, 9.17) is 23.5 Å². The van der Waals surface area contributed by atoms with Crippen LogP contribution in [0.25, 0.3) is 0 Å². The molecule has 1 saturated heterocycles. The van der Waals surface area contributed by atoms with Gasteiger partial charge in [-0.3, -0.25) is 19.0 Å². The van der Waals surface area contributed by atoms with Crippen LogP contribution in [0.3, 0.4) is 0 Å². The molecule has 1 saturated carbocycles. The lowest BCUT2D eigenvalue weighted by Gasteiger charge is -2.49. The summed E-state index contributed by atoms with van der Waals surface area (Å²) in [5, 5.41) is 9.47. The molecular weight excluding hydrogens is 727 g/mol. The first-order chi connectivity index (χ1) is 27.0. The molecule has 4 aromatic rings. The predicted octanol–water partition coefficient (Wildman–Crippen LogP) is 8.06. The number of fused-ring (bicyclic) bond motifs is 1. The molecule has 1 aromatic heterocycles. The van der Waals surface area contributed by atoms with E-state index in [-0.39, 0.29) is 12.1 Å². The topological polar surface area (TPSA) is 128 Å². The van der Waals surface area contributed by atoms with Gasteiger partial charge in [0.25, 0.3) is 5.56 Å². The number of hydrogen-bond acceptors (Lipinski definition) is 9. The Balaban J connectivity index is 1.53. The number of rotatable bonds is 16. The summed E-state index contributed by atoms with van der Waals surface area (Å²) in [4.78, 5) is 28.5. The van der Waals surface area contributed by atoms with Crippen molar-refractivity contribution in [2.75, 3.05) is 27.0 Å². The van der Waals surface area contributed by atoms with E-state index in [1.807, 2.05) is 42.5 Å². The Labute approximate surface area is 331 Å². The molecule has 11 nitrogen and oxygen atoms in total. The molecule has 2 aliphatic rings. The molecule has 1 aliphatic carbocycles. The van der Waals surface area contributed by atoms with Crippen molar-refractivity contribution in [2.45, 2.75) is 103 Å². The third kappa shape index (κ3) is 8.37. The van der Waals surface area contributed by atoms with E-state index in [2.05, 4.69) is 79.8 Å². The standard InChI is InChI=1S/C44H55N4O7P/c1-30(2)48(31(3)4)56(53-26-12-25-45)29-43-24-11-15-38(40(43)54-39(27-43)47-28-32(5)41(49)46-42(47)50)55-44(33-13-9-8-10-14-33,34-16-20-36(51-6)21-17-34)35-18-22-37(52-7)23-19-35/h8-10,13-14,16-23,28,30-31,38-40H,11-12,15,24,26-27,29H2,1-7H3,(H,46,49,50)/t38-,39-,40-,43-,56?/m1/s1. The number of benzene rings is 3. The summed E-state index contributed by atoms with van der Waals surface area (Å²) in [7, 11) is 2.10. The van der Waals surface area contributed by atoms with Gasteiger partial charge < -0.3 is 23.5 Å². The van der Waals surface area contributed by atoms with Crippen LogP contribution in [-0.4, -0.2) is 65.5 Å².